The number of amides is 1. The molecule has 1 amide bonds. The molecule has 2 aromatic carbocycles. The Labute approximate surface area is 211 Å². The number of benzene rings is 2. The molecule has 4 aromatic rings. The van der Waals surface area contributed by atoms with E-state index in [4.69, 9.17) is 14.6 Å². The number of carbonyl (C=O) groups is 1. The monoisotopic (exact) mass is 506 g/mol. The number of pyridine rings is 1. The van der Waals surface area contributed by atoms with Crippen molar-refractivity contribution in [1.29, 1.82) is 0 Å². The Morgan fingerprint density at radius 2 is 1.97 bits per heavy atom. The maximum atomic E-state index is 12.4. The van der Waals surface area contributed by atoms with Crippen LogP contribution in [0.3, 0.4) is 0 Å². The van der Waals surface area contributed by atoms with Gasteiger partial charge in [-0.3, -0.25) is 9.78 Å². The summed E-state index contributed by atoms with van der Waals surface area (Å²) in [5.41, 5.74) is 2.74. The summed E-state index contributed by atoms with van der Waals surface area (Å²) >= 11 is 0. The van der Waals surface area contributed by atoms with Gasteiger partial charge >= 0.3 is 6.09 Å². The third kappa shape index (κ3) is 6.02. The molecule has 0 aliphatic rings. The first-order valence-corrected chi connectivity index (χ1v) is 11.4. The van der Waals surface area contributed by atoms with E-state index in [1.807, 2.05) is 6.07 Å². The zero-order valence-corrected chi connectivity index (χ0v) is 20.0. The van der Waals surface area contributed by atoms with E-state index in [9.17, 15) is 19.8 Å². The molecular formula is C26H26N4O7. The smallest absolute Gasteiger partial charge is 0.404 e. The molecule has 0 bridgehead atoms. The Morgan fingerprint density at radius 3 is 2.73 bits per heavy atom. The molecule has 4 rings (SSSR count). The average molecular weight is 507 g/mol. The molecular weight excluding hydrogens is 480 g/mol. The average Bonchev–Trinajstić information content (AvgIpc) is 2.92. The number of aliphatic hydroxyl groups excluding tert-OH is 2. The van der Waals surface area contributed by atoms with Crippen molar-refractivity contribution in [2.75, 3.05) is 20.3 Å². The third-order valence-corrected chi connectivity index (χ3v) is 5.68. The molecule has 2 aromatic heterocycles. The van der Waals surface area contributed by atoms with Crippen LogP contribution < -0.4 is 20.3 Å². The van der Waals surface area contributed by atoms with Crippen LogP contribution in [0.15, 0.2) is 65.6 Å². The SMILES string of the molecule is COc1cc2nccc(OCCn3nc(-c4cccc(CNC(=O)O)c4)ccc3=O)c2cc1C(O)CO. The van der Waals surface area contributed by atoms with Crippen molar-refractivity contribution in [2.45, 2.75) is 19.2 Å². The number of hydrogen-bond acceptors (Lipinski definition) is 8. The van der Waals surface area contributed by atoms with Gasteiger partial charge in [-0.05, 0) is 29.8 Å². The highest BCUT2D eigenvalue weighted by molar-refractivity contribution is 5.87. The van der Waals surface area contributed by atoms with E-state index in [-0.39, 0.29) is 25.3 Å². The first kappa shape index (κ1) is 25.6. The minimum atomic E-state index is -1.13. The Bertz CT molecular complexity index is 1470. The van der Waals surface area contributed by atoms with E-state index in [0.29, 0.717) is 33.7 Å². The summed E-state index contributed by atoms with van der Waals surface area (Å²) in [5, 5.41) is 35.8. The summed E-state index contributed by atoms with van der Waals surface area (Å²) in [5.74, 6) is 0.885. The zero-order chi connectivity index (χ0) is 26.4. The zero-order valence-electron chi connectivity index (χ0n) is 20.0. The number of aromatic nitrogens is 3. The second-order valence-electron chi connectivity index (χ2n) is 8.11. The second kappa shape index (κ2) is 11.5. The number of nitrogens with zero attached hydrogens (tertiary/aromatic N) is 3. The van der Waals surface area contributed by atoms with E-state index in [1.54, 1.807) is 48.7 Å². The third-order valence-electron chi connectivity index (χ3n) is 5.68. The fourth-order valence-electron chi connectivity index (χ4n) is 3.85. The van der Waals surface area contributed by atoms with Gasteiger partial charge in [0.25, 0.3) is 5.56 Å². The number of hydrogen-bond donors (Lipinski definition) is 4. The van der Waals surface area contributed by atoms with Crippen LogP contribution in [0.5, 0.6) is 11.5 Å². The summed E-state index contributed by atoms with van der Waals surface area (Å²) in [6.45, 7) is -0.0251. The lowest BCUT2D eigenvalue weighted by atomic mass is 10.0. The van der Waals surface area contributed by atoms with Gasteiger partial charge in [0.15, 0.2) is 0 Å². The van der Waals surface area contributed by atoms with Crippen LogP contribution in [0, 0.1) is 0 Å². The Hall–Kier alpha value is -4.48. The van der Waals surface area contributed by atoms with Gasteiger partial charge < -0.3 is 30.1 Å². The first-order chi connectivity index (χ1) is 17.9. The van der Waals surface area contributed by atoms with E-state index in [1.165, 1.54) is 17.9 Å². The Kier molecular flexibility index (Phi) is 7.96. The Balaban J connectivity index is 1.53. The van der Waals surface area contributed by atoms with Crippen LogP contribution in [-0.2, 0) is 13.1 Å². The van der Waals surface area contributed by atoms with Gasteiger partial charge in [-0.15, -0.1) is 0 Å². The molecule has 0 fully saturated rings. The molecule has 0 saturated carbocycles. The van der Waals surface area contributed by atoms with Gasteiger partial charge in [0.2, 0.25) is 0 Å². The van der Waals surface area contributed by atoms with Gasteiger partial charge in [0.05, 0.1) is 31.5 Å². The fourth-order valence-corrected chi connectivity index (χ4v) is 3.85. The van der Waals surface area contributed by atoms with Crippen LogP contribution in [0.25, 0.3) is 22.2 Å². The van der Waals surface area contributed by atoms with Crippen LogP contribution in [0.2, 0.25) is 0 Å². The predicted octanol–water partition coefficient (Wildman–Crippen LogP) is 2.34. The maximum absolute atomic E-state index is 12.4. The molecule has 11 nitrogen and oxygen atoms in total. The largest absolute Gasteiger partial charge is 0.496 e. The maximum Gasteiger partial charge on any atom is 0.404 e. The van der Waals surface area contributed by atoms with Crippen LogP contribution >= 0.6 is 0 Å². The van der Waals surface area contributed by atoms with Gasteiger partial charge in [-0.2, -0.15) is 5.10 Å². The van der Waals surface area contributed by atoms with Crippen LogP contribution in [0.4, 0.5) is 4.79 Å². The number of carboxylic acid groups (broad SMARTS) is 1. The predicted molar refractivity (Wildman–Crippen MR) is 135 cm³/mol. The molecule has 11 heteroatoms. The molecule has 0 aliphatic heterocycles. The fraction of sp³-hybridized carbons (Fsp3) is 0.231. The lowest BCUT2D eigenvalue weighted by Crippen LogP contribution is -2.25. The number of fused-ring (bicyclic) bond motifs is 1. The highest BCUT2D eigenvalue weighted by atomic mass is 16.5. The minimum absolute atomic E-state index is 0.127. The van der Waals surface area contributed by atoms with Crippen molar-refractivity contribution in [2.24, 2.45) is 0 Å². The lowest BCUT2D eigenvalue weighted by Gasteiger charge is -2.16. The van der Waals surface area contributed by atoms with Crippen molar-refractivity contribution in [3.8, 4) is 22.8 Å². The van der Waals surface area contributed by atoms with Gasteiger partial charge in [0.1, 0.15) is 24.2 Å². The molecule has 192 valence electrons. The minimum Gasteiger partial charge on any atom is -0.496 e. The molecule has 1 unspecified atom stereocenters. The van der Waals surface area contributed by atoms with Crippen molar-refractivity contribution in [3.05, 3.63) is 82.3 Å². The summed E-state index contributed by atoms with van der Waals surface area (Å²) in [4.78, 5) is 27.5. The first-order valence-electron chi connectivity index (χ1n) is 11.4. The van der Waals surface area contributed by atoms with Gasteiger partial charge in [-0.1, -0.05) is 18.2 Å². The van der Waals surface area contributed by atoms with Gasteiger partial charge in [-0.25, -0.2) is 9.48 Å². The molecule has 37 heavy (non-hydrogen) atoms. The summed E-state index contributed by atoms with van der Waals surface area (Å²) < 4.78 is 12.6. The highest BCUT2D eigenvalue weighted by Gasteiger charge is 2.16. The van der Waals surface area contributed by atoms with E-state index in [0.717, 1.165) is 11.1 Å². The molecule has 0 radical (unpaired) electrons. The molecule has 0 aliphatic carbocycles. The quantitative estimate of drug-likeness (QED) is 0.253. The highest BCUT2D eigenvalue weighted by Crippen LogP contribution is 2.33. The molecule has 4 N–H and O–H groups in total. The van der Waals surface area contributed by atoms with E-state index >= 15 is 0 Å². The van der Waals surface area contributed by atoms with Crippen molar-refractivity contribution in [1.82, 2.24) is 20.1 Å². The normalized spacial score (nSPS) is 11.8. The van der Waals surface area contributed by atoms with E-state index < -0.39 is 18.8 Å². The number of aliphatic hydroxyl groups is 2. The number of nitrogens with one attached hydrogen (secondary N) is 1. The van der Waals surface area contributed by atoms with Gasteiger partial charge in [0, 0.05) is 41.4 Å². The molecule has 1 atom stereocenters. The summed E-state index contributed by atoms with van der Waals surface area (Å²) in [6, 6.07) is 15.2. The number of methoxy groups -OCH3 is 1. The topological polar surface area (TPSA) is 156 Å². The lowest BCUT2D eigenvalue weighted by molar-refractivity contribution is 0.0934. The van der Waals surface area contributed by atoms with E-state index in [2.05, 4.69) is 15.4 Å². The van der Waals surface area contributed by atoms with Crippen molar-refractivity contribution >= 4 is 17.0 Å². The van der Waals surface area contributed by atoms with Crippen LogP contribution in [0.1, 0.15) is 17.2 Å². The van der Waals surface area contributed by atoms with Crippen molar-refractivity contribution < 1.29 is 29.6 Å². The molecule has 0 spiro atoms. The van der Waals surface area contributed by atoms with Crippen molar-refractivity contribution in [3.63, 3.8) is 0 Å². The van der Waals surface area contributed by atoms with Crippen LogP contribution in [-0.4, -0.2) is 56.5 Å². The summed E-state index contributed by atoms with van der Waals surface area (Å²) in [7, 11) is 1.47. The second-order valence-corrected chi connectivity index (χ2v) is 8.11. The number of rotatable bonds is 10. The number of ether oxygens (including phenoxy) is 2. The molecule has 2 heterocycles. The summed E-state index contributed by atoms with van der Waals surface area (Å²) in [6.07, 6.45) is -0.661. The molecule has 0 saturated heterocycles. The standard InChI is InChI=1S/C26H26N4O7/c1-36-24-13-21-18(12-19(24)22(32)15-31)23(7-8-27-21)37-10-9-30-25(33)6-5-20(29-30)17-4-2-3-16(11-17)14-28-26(34)35/h2-8,11-13,22,28,31-32H,9-10,14-15H2,1H3,(H,34,35). The Morgan fingerprint density at radius 1 is 1.14 bits per heavy atom.